The Morgan fingerprint density at radius 3 is 1.58 bits per heavy atom. The summed E-state index contributed by atoms with van der Waals surface area (Å²) >= 11 is 0. The summed E-state index contributed by atoms with van der Waals surface area (Å²) in [6, 6.07) is 0. The highest BCUT2D eigenvalue weighted by Crippen LogP contribution is 2.22. The molecule has 0 aromatic rings. The van der Waals surface area contributed by atoms with E-state index < -0.39 is 5.79 Å². The number of hydrogen-bond donors (Lipinski definition) is 0. The van der Waals surface area contributed by atoms with Gasteiger partial charge in [0.15, 0.2) is 0 Å². The lowest BCUT2D eigenvalue weighted by Gasteiger charge is -2.26. The molecule has 0 aliphatic rings. The maximum Gasteiger partial charge on any atom is 0.231 e. The van der Waals surface area contributed by atoms with E-state index in [4.69, 9.17) is 19.6 Å². The highest BCUT2D eigenvalue weighted by Gasteiger charge is 2.29. The van der Waals surface area contributed by atoms with Crippen molar-refractivity contribution in [3.63, 3.8) is 0 Å². The van der Waals surface area contributed by atoms with Crippen molar-refractivity contribution in [1.82, 2.24) is 0 Å². The Morgan fingerprint density at radius 2 is 1.16 bits per heavy atom. The number of unbranched alkanes of at least 4 members (excludes halogenated alkanes) is 4. The Balaban J connectivity index is 3.96. The third-order valence-electron chi connectivity index (χ3n) is 2.87. The van der Waals surface area contributed by atoms with Gasteiger partial charge in [-0.25, -0.2) is 9.78 Å². The first-order valence-corrected chi connectivity index (χ1v) is 7.79. The van der Waals surface area contributed by atoms with Crippen molar-refractivity contribution in [3.05, 3.63) is 0 Å². The van der Waals surface area contributed by atoms with Gasteiger partial charge < -0.3 is 0 Å². The van der Waals surface area contributed by atoms with Crippen LogP contribution in [0, 0.1) is 0 Å². The fourth-order valence-electron chi connectivity index (χ4n) is 1.53. The summed E-state index contributed by atoms with van der Waals surface area (Å²) < 4.78 is 0. The summed E-state index contributed by atoms with van der Waals surface area (Å²) in [4.78, 5) is 21.3. The third kappa shape index (κ3) is 11.4. The normalized spacial score (nSPS) is 12.0. The zero-order valence-electron chi connectivity index (χ0n) is 13.2. The molecule has 0 bridgehead atoms. The van der Waals surface area contributed by atoms with E-state index in [1.807, 2.05) is 6.92 Å². The lowest BCUT2D eigenvalue weighted by Crippen LogP contribution is -2.33. The van der Waals surface area contributed by atoms with Gasteiger partial charge in [0, 0.05) is 6.42 Å². The van der Waals surface area contributed by atoms with Gasteiger partial charge in [-0.3, -0.25) is 0 Å². The van der Waals surface area contributed by atoms with Crippen molar-refractivity contribution in [2.75, 3.05) is 13.2 Å². The van der Waals surface area contributed by atoms with Crippen molar-refractivity contribution in [3.8, 4) is 0 Å². The lowest BCUT2D eigenvalue weighted by atomic mass is 10.1. The molecule has 0 aromatic carbocycles. The van der Waals surface area contributed by atoms with Gasteiger partial charge in [-0.1, -0.05) is 46.5 Å². The molecule has 0 aromatic heterocycles. The minimum Gasteiger partial charge on any atom is -0.234 e. The first-order chi connectivity index (χ1) is 9.18. The fourth-order valence-corrected chi connectivity index (χ4v) is 1.53. The summed E-state index contributed by atoms with van der Waals surface area (Å²) in [5.74, 6) is -0.795. The van der Waals surface area contributed by atoms with Crippen molar-refractivity contribution in [1.29, 1.82) is 0 Å². The van der Waals surface area contributed by atoms with Gasteiger partial charge in [-0.05, 0) is 26.2 Å². The Bertz CT molecular complexity index is 173. The first-order valence-electron chi connectivity index (χ1n) is 7.79. The molecule has 0 saturated heterocycles. The molecule has 0 rings (SSSR count). The van der Waals surface area contributed by atoms with E-state index in [0.717, 1.165) is 44.9 Å². The maximum atomic E-state index is 5.41. The van der Waals surface area contributed by atoms with Crippen LogP contribution < -0.4 is 0 Å². The molecule has 0 aliphatic carbocycles. The predicted octanol–water partition coefficient (Wildman–Crippen LogP) is 4.78. The van der Waals surface area contributed by atoms with Gasteiger partial charge in [0.05, 0.1) is 13.2 Å². The smallest absolute Gasteiger partial charge is 0.231 e. The van der Waals surface area contributed by atoms with Gasteiger partial charge in [0.2, 0.25) is 5.79 Å². The summed E-state index contributed by atoms with van der Waals surface area (Å²) in [6.07, 6.45) is 8.30. The lowest BCUT2D eigenvalue weighted by molar-refractivity contribution is -0.507. The van der Waals surface area contributed by atoms with Crippen molar-refractivity contribution >= 4 is 0 Å². The number of hydrogen-bond acceptors (Lipinski definition) is 4. The van der Waals surface area contributed by atoms with Gasteiger partial charge in [0.25, 0.3) is 0 Å². The van der Waals surface area contributed by atoms with Crippen LogP contribution in [0.2, 0.25) is 0 Å². The highest BCUT2D eigenvalue weighted by atomic mass is 17.3. The second-order valence-corrected chi connectivity index (χ2v) is 5.11. The topological polar surface area (TPSA) is 36.9 Å². The third-order valence-corrected chi connectivity index (χ3v) is 2.87. The fraction of sp³-hybridized carbons (Fsp3) is 1.00. The molecule has 0 amide bonds. The van der Waals surface area contributed by atoms with Gasteiger partial charge >= 0.3 is 0 Å². The average molecular weight is 276 g/mol. The molecule has 4 nitrogen and oxygen atoms in total. The number of rotatable bonds is 14. The second-order valence-electron chi connectivity index (χ2n) is 5.11. The molecule has 0 N–H and O–H groups in total. The molecule has 116 valence electrons. The SMILES string of the molecule is CCCCCC(C)(OOCCCC)OOCCCC. The van der Waals surface area contributed by atoms with Crippen molar-refractivity contribution < 1.29 is 19.6 Å². The Kier molecular flexibility index (Phi) is 12.7. The van der Waals surface area contributed by atoms with Crippen LogP contribution in [-0.4, -0.2) is 19.0 Å². The summed E-state index contributed by atoms with van der Waals surface area (Å²) in [5, 5.41) is 0. The molecule has 0 radical (unpaired) electrons. The van der Waals surface area contributed by atoms with E-state index in [0.29, 0.717) is 13.2 Å². The summed E-state index contributed by atoms with van der Waals surface area (Å²) in [5.41, 5.74) is 0. The standard InChI is InChI=1S/C15H32O4/c1-5-8-11-12-15(4,18-16-13-9-6-2)19-17-14-10-7-3/h5-14H2,1-4H3. The van der Waals surface area contributed by atoms with Gasteiger partial charge in [0.1, 0.15) is 0 Å². The highest BCUT2D eigenvalue weighted by molar-refractivity contribution is 4.59. The van der Waals surface area contributed by atoms with E-state index in [2.05, 4.69) is 20.8 Å². The van der Waals surface area contributed by atoms with Crippen LogP contribution in [0.4, 0.5) is 0 Å². The molecular weight excluding hydrogens is 244 g/mol. The van der Waals surface area contributed by atoms with Crippen LogP contribution in [0.1, 0.15) is 79.1 Å². The van der Waals surface area contributed by atoms with E-state index in [1.54, 1.807) is 0 Å². The second kappa shape index (κ2) is 12.9. The van der Waals surface area contributed by atoms with Crippen LogP contribution in [0.3, 0.4) is 0 Å². The zero-order valence-corrected chi connectivity index (χ0v) is 13.2. The molecule has 0 unspecified atom stereocenters. The first kappa shape index (κ1) is 18.8. The quantitative estimate of drug-likeness (QED) is 0.198. The van der Waals surface area contributed by atoms with Crippen LogP contribution in [0.25, 0.3) is 0 Å². The summed E-state index contributed by atoms with van der Waals surface area (Å²) in [7, 11) is 0. The van der Waals surface area contributed by atoms with Crippen LogP contribution in [-0.2, 0) is 19.6 Å². The molecule has 0 fully saturated rings. The Morgan fingerprint density at radius 1 is 0.684 bits per heavy atom. The van der Waals surface area contributed by atoms with Crippen molar-refractivity contribution in [2.24, 2.45) is 0 Å². The minimum atomic E-state index is -0.795. The van der Waals surface area contributed by atoms with Crippen molar-refractivity contribution in [2.45, 2.75) is 84.8 Å². The van der Waals surface area contributed by atoms with E-state index in [1.165, 1.54) is 6.42 Å². The molecule has 0 saturated carbocycles. The molecule has 0 spiro atoms. The molecule has 19 heavy (non-hydrogen) atoms. The predicted molar refractivity (Wildman–Crippen MR) is 76.4 cm³/mol. The molecular formula is C15H32O4. The van der Waals surface area contributed by atoms with E-state index >= 15 is 0 Å². The van der Waals surface area contributed by atoms with E-state index in [-0.39, 0.29) is 0 Å². The minimum absolute atomic E-state index is 0.595. The summed E-state index contributed by atoms with van der Waals surface area (Å²) in [6.45, 7) is 9.48. The molecule has 0 heterocycles. The van der Waals surface area contributed by atoms with Crippen LogP contribution in [0.5, 0.6) is 0 Å². The molecule has 0 atom stereocenters. The molecule has 4 heteroatoms. The average Bonchev–Trinajstić information content (AvgIpc) is 2.41. The Labute approximate surface area is 118 Å². The van der Waals surface area contributed by atoms with E-state index in [9.17, 15) is 0 Å². The molecule has 0 aliphatic heterocycles. The zero-order chi connectivity index (χ0) is 14.4. The Hall–Kier alpha value is -0.160. The maximum absolute atomic E-state index is 5.41. The van der Waals surface area contributed by atoms with Crippen LogP contribution in [0.15, 0.2) is 0 Å². The van der Waals surface area contributed by atoms with Gasteiger partial charge in [-0.2, -0.15) is 9.78 Å². The largest absolute Gasteiger partial charge is 0.234 e. The van der Waals surface area contributed by atoms with Crippen LogP contribution >= 0.6 is 0 Å². The monoisotopic (exact) mass is 276 g/mol. The van der Waals surface area contributed by atoms with Gasteiger partial charge in [-0.15, -0.1) is 0 Å².